The first-order valence-corrected chi connectivity index (χ1v) is 11.3. The van der Waals surface area contributed by atoms with Gasteiger partial charge in [-0.15, -0.1) is 0 Å². The first kappa shape index (κ1) is 25.0. The van der Waals surface area contributed by atoms with Crippen molar-refractivity contribution >= 4 is 23.1 Å². The number of unbranched alkanes of at least 4 members (excludes halogenated alkanes) is 8. The molecule has 0 unspecified atom stereocenters. The van der Waals surface area contributed by atoms with Crippen LogP contribution in [0.2, 0.25) is 0 Å². The molecule has 0 aliphatic rings. The summed E-state index contributed by atoms with van der Waals surface area (Å²) in [5.41, 5.74) is 0.638. The Morgan fingerprint density at radius 2 is 1.50 bits per heavy atom. The van der Waals surface area contributed by atoms with Gasteiger partial charge in [-0.25, -0.2) is 0 Å². The van der Waals surface area contributed by atoms with Crippen LogP contribution >= 0.6 is 0 Å². The second-order valence-electron chi connectivity index (χ2n) is 7.99. The molecular formula is C25H32N2O5. The zero-order valence-corrected chi connectivity index (χ0v) is 18.6. The first-order chi connectivity index (χ1) is 15.4. The van der Waals surface area contributed by atoms with E-state index in [2.05, 4.69) is 12.2 Å². The predicted molar refractivity (Wildman–Crippen MR) is 125 cm³/mol. The molecule has 7 nitrogen and oxygen atoms in total. The SMILES string of the molecule is CCCCCCCCCCCC(=O)c1ccc(O)c(C(=O)Nc2ccc([N+](=O)[O-])cc2)c1. The van der Waals surface area contributed by atoms with Gasteiger partial charge in [-0.2, -0.15) is 0 Å². The molecule has 2 N–H and O–H groups in total. The number of hydrogen-bond donors (Lipinski definition) is 2. The molecule has 2 rings (SSSR count). The average Bonchev–Trinajstić information content (AvgIpc) is 2.78. The second kappa shape index (κ2) is 13.2. The summed E-state index contributed by atoms with van der Waals surface area (Å²) < 4.78 is 0. The molecule has 1 amide bonds. The summed E-state index contributed by atoms with van der Waals surface area (Å²) in [5, 5.41) is 23.4. The number of aromatic hydroxyl groups is 1. The Kier molecular flexibility index (Phi) is 10.4. The molecule has 0 spiro atoms. The molecule has 0 saturated carbocycles. The van der Waals surface area contributed by atoms with E-state index in [4.69, 9.17) is 0 Å². The molecule has 0 aliphatic carbocycles. The third-order valence-corrected chi connectivity index (χ3v) is 5.41. The predicted octanol–water partition coefficient (Wildman–Crippen LogP) is 6.66. The Morgan fingerprint density at radius 3 is 2.09 bits per heavy atom. The van der Waals surface area contributed by atoms with E-state index in [1.165, 1.54) is 81.0 Å². The number of carbonyl (C=O) groups is 2. The second-order valence-corrected chi connectivity index (χ2v) is 7.99. The molecule has 32 heavy (non-hydrogen) atoms. The summed E-state index contributed by atoms with van der Waals surface area (Å²) in [4.78, 5) is 35.3. The van der Waals surface area contributed by atoms with E-state index in [9.17, 15) is 24.8 Å². The molecule has 172 valence electrons. The number of rotatable bonds is 14. The summed E-state index contributed by atoms with van der Waals surface area (Å²) >= 11 is 0. The van der Waals surface area contributed by atoms with Gasteiger partial charge in [0, 0.05) is 29.8 Å². The van der Waals surface area contributed by atoms with Gasteiger partial charge in [0.15, 0.2) is 5.78 Å². The normalized spacial score (nSPS) is 10.7. The van der Waals surface area contributed by atoms with Crippen LogP contribution in [0.5, 0.6) is 5.75 Å². The number of phenolic OH excluding ortho intramolecular Hbond substituents is 1. The monoisotopic (exact) mass is 440 g/mol. The third kappa shape index (κ3) is 8.13. The number of ketones is 1. The van der Waals surface area contributed by atoms with E-state index in [1.54, 1.807) is 0 Å². The highest BCUT2D eigenvalue weighted by Gasteiger charge is 2.16. The van der Waals surface area contributed by atoms with Crippen molar-refractivity contribution in [2.24, 2.45) is 0 Å². The molecule has 7 heteroatoms. The van der Waals surface area contributed by atoms with E-state index in [1.807, 2.05) is 0 Å². The lowest BCUT2D eigenvalue weighted by Crippen LogP contribution is -2.13. The van der Waals surface area contributed by atoms with Gasteiger partial charge in [-0.3, -0.25) is 19.7 Å². The van der Waals surface area contributed by atoms with E-state index >= 15 is 0 Å². The number of nitrogens with zero attached hydrogens (tertiary/aromatic N) is 1. The number of hydrogen-bond acceptors (Lipinski definition) is 5. The Bertz CT molecular complexity index is 909. The number of benzene rings is 2. The number of nitro groups is 1. The van der Waals surface area contributed by atoms with Crippen molar-refractivity contribution in [1.29, 1.82) is 0 Å². The minimum Gasteiger partial charge on any atom is -0.507 e. The highest BCUT2D eigenvalue weighted by molar-refractivity contribution is 6.08. The Balaban J connectivity index is 1.84. The number of nitro benzene ring substituents is 1. The van der Waals surface area contributed by atoms with Crippen molar-refractivity contribution in [1.82, 2.24) is 0 Å². The number of phenols is 1. The quantitative estimate of drug-likeness (QED) is 0.148. The molecule has 0 fully saturated rings. The molecule has 0 radical (unpaired) electrons. The fourth-order valence-corrected chi connectivity index (χ4v) is 3.50. The maximum atomic E-state index is 12.5. The van der Waals surface area contributed by atoms with Crippen LogP contribution < -0.4 is 5.32 Å². The molecule has 0 heterocycles. The van der Waals surface area contributed by atoms with Gasteiger partial charge >= 0.3 is 0 Å². The molecule has 2 aromatic carbocycles. The van der Waals surface area contributed by atoms with Crippen molar-refractivity contribution < 1.29 is 19.6 Å². The van der Waals surface area contributed by atoms with Gasteiger partial charge in [0.05, 0.1) is 10.5 Å². The van der Waals surface area contributed by atoms with Crippen LogP contribution in [0.15, 0.2) is 42.5 Å². The third-order valence-electron chi connectivity index (χ3n) is 5.41. The lowest BCUT2D eigenvalue weighted by molar-refractivity contribution is -0.384. The van der Waals surface area contributed by atoms with Gasteiger partial charge < -0.3 is 10.4 Å². The number of carbonyl (C=O) groups excluding carboxylic acids is 2. The van der Waals surface area contributed by atoms with Crippen molar-refractivity contribution in [2.45, 2.75) is 71.1 Å². The van der Waals surface area contributed by atoms with Crippen molar-refractivity contribution in [2.75, 3.05) is 5.32 Å². The minimum absolute atomic E-state index is 0.0127. The van der Waals surface area contributed by atoms with E-state index < -0.39 is 10.8 Å². The molecule has 0 atom stereocenters. The highest BCUT2D eigenvalue weighted by Crippen LogP contribution is 2.23. The fourth-order valence-electron chi connectivity index (χ4n) is 3.50. The van der Waals surface area contributed by atoms with Gasteiger partial charge in [-0.05, 0) is 36.8 Å². The van der Waals surface area contributed by atoms with E-state index in [-0.39, 0.29) is 22.8 Å². The van der Waals surface area contributed by atoms with Gasteiger partial charge in [-0.1, -0.05) is 58.3 Å². The Labute approximate surface area is 189 Å². The summed E-state index contributed by atoms with van der Waals surface area (Å²) in [6, 6.07) is 9.63. The van der Waals surface area contributed by atoms with Crippen LogP contribution in [0.4, 0.5) is 11.4 Å². The number of non-ortho nitro benzene ring substituents is 1. The van der Waals surface area contributed by atoms with Crippen LogP contribution in [-0.4, -0.2) is 21.7 Å². The van der Waals surface area contributed by atoms with Gasteiger partial charge in [0.25, 0.3) is 11.6 Å². The first-order valence-electron chi connectivity index (χ1n) is 11.3. The lowest BCUT2D eigenvalue weighted by atomic mass is 10.0. The van der Waals surface area contributed by atoms with E-state index in [0.717, 1.165) is 19.3 Å². The molecule has 0 saturated heterocycles. The fraction of sp³-hybridized carbons (Fsp3) is 0.440. The van der Waals surface area contributed by atoms with Crippen LogP contribution in [-0.2, 0) is 0 Å². The zero-order chi connectivity index (χ0) is 23.3. The molecule has 0 bridgehead atoms. The highest BCUT2D eigenvalue weighted by atomic mass is 16.6. The molecule has 0 aromatic heterocycles. The van der Waals surface area contributed by atoms with Crippen LogP contribution in [0.25, 0.3) is 0 Å². The Morgan fingerprint density at radius 1 is 0.906 bits per heavy atom. The van der Waals surface area contributed by atoms with Crippen LogP contribution in [0, 0.1) is 10.1 Å². The maximum Gasteiger partial charge on any atom is 0.269 e. The van der Waals surface area contributed by atoms with Crippen molar-refractivity contribution in [3.05, 3.63) is 63.7 Å². The van der Waals surface area contributed by atoms with Gasteiger partial charge in [0.2, 0.25) is 0 Å². The maximum absolute atomic E-state index is 12.5. The number of amides is 1. The summed E-state index contributed by atoms with van der Waals surface area (Å²) in [7, 11) is 0. The Hall–Kier alpha value is -3.22. The number of anilines is 1. The standard InChI is InChI=1S/C25H32N2O5/c1-2-3-4-5-6-7-8-9-10-11-23(28)19-12-17-24(29)22(18-19)25(30)26-20-13-15-21(16-14-20)27(31)32/h12-18,29H,2-11H2,1H3,(H,26,30). The number of nitrogens with one attached hydrogen (secondary N) is 1. The van der Waals surface area contributed by atoms with Crippen molar-refractivity contribution in [3.63, 3.8) is 0 Å². The lowest BCUT2D eigenvalue weighted by Gasteiger charge is -2.09. The van der Waals surface area contributed by atoms with Crippen molar-refractivity contribution in [3.8, 4) is 5.75 Å². The average molecular weight is 441 g/mol. The number of Topliss-reactive ketones (excluding diaryl/α,β-unsaturated/α-hetero) is 1. The smallest absolute Gasteiger partial charge is 0.269 e. The molecular weight excluding hydrogens is 408 g/mol. The topological polar surface area (TPSA) is 110 Å². The van der Waals surface area contributed by atoms with E-state index in [0.29, 0.717) is 17.7 Å². The van der Waals surface area contributed by atoms with Crippen LogP contribution in [0.1, 0.15) is 91.8 Å². The van der Waals surface area contributed by atoms with Gasteiger partial charge in [0.1, 0.15) is 5.75 Å². The zero-order valence-electron chi connectivity index (χ0n) is 18.6. The summed E-state index contributed by atoms with van der Waals surface area (Å²) in [6.45, 7) is 2.21. The molecule has 2 aromatic rings. The minimum atomic E-state index is -0.589. The molecule has 0 aliphatic heterocycles. The van der Waals surface area contributed by atoms with Crippen LogP contribution in [0.3, 0.4) is 0 Å². The summed E-state index contributed by atoms with van der Waals surface area (Å²) in [6.07, 6.45) is 10.9. The summed E-state index contributed by atoms with van der Waals surface area (Å²) in [5.74, 6) is -0.879. The largest absolute Gasteiger partial charge is 0.507 e.